The first-order chi connectivity index (χ1) is 14.1. The summed E-state index contributed by atoms with van der Waals surface area (Å²) in [5.74, 6) is 0. The summed E-state index contributed by atoms with van der Waals surface area (Å²) < 4.78 is 8.98. The predicted molar refractivity (Wildman–Crippen MR) is 116 cm³/mol. The summed E-state index contributed by atoms with van der Waals surface area (Å²) in [6.45, 7) is 7.36. The van der Waals surface area contributed by atoms with Crippen molar-refractivity contribution in [3.63, 3.8) is 0 Å². The quantitative estimate of drug-likeness (QED) is 0.697. The fraction of sp³-hybridized carbons (Fsp3) is 0.435. The standard InChI is InChI=1S/C23H28N4O3/c1-14(25-22(29)30-23(2,3)4)19-11-15-7-6-8-18(16-12-24-26(5)13-16)20(15)21(28)27(19)17-9-10-17/h6-8,11-14,17H,9-10H2,1-5H3,(H,25,29)/t14-/m0/s1. The van der Waals surface area contributed by atoms with Crippen LogP contribution in [0.25, 0.3) is 21.9 Å². The van der Waals surface area contributed by atoms with Gasteiger partial charge in [-0.1, -0.05) is 18.2 Å². The van der Waals surface area contributed by atoms with Crippen molar-refractivity contribution in [3.8, 4) is 11.1 Å². The molecule has 3 aromatic rings. The van der Waals surface area contributed by atoms with E-state index in [1.807, 2.05) is 69.8 Å². The predicted octanol–water partition coefficient (Wildman–Crippen LogP) is 4.32. The zero-order valence-corrected chi connectivity index (χ0v) is 18.1. The van der Waals surface area contributed by atoms with Gasteiger partial charge < -0.3 is 14.6 Å². The number of rotatable bonds is 4. The van der Waals surface area contributed by atoms with E-state index in [0.717, 1.165) is 35.0 Å². The van der Waals surface area contributed by atoms with Crippen molar-refractivity contribution >= 4 is 16.9 Å². The fourth-order valence-corrected chi connectivity index (χ4v) is 3.80. The summed E-state index contributed by atoms with van der Waals surface area (Å²) in [7, 11) is 1.86. The summed E-state index contributed by atoms with van der Waals surface area (Å²) in [6.07, 6.45) is 5.13. The van der Waals surface area contributed by atoms with Crippen LogP contribution in [0.3, 0.4) is 0 Å². The zero-order valence-electron chi connectivity index (χ0n) is 18.1. The molecular formula is C23H28N4O3. The highest BCUT2D eigenvalue weighted by Crippen LogP contribution is 2.37. The Labute approximate surface area is 175 Å². The molecule has 2 heterocycles. The Hall–Kier alpha value is -3.09. The third-order valence-electron chi connectivity index (χ3n) is 5.22. The molecule has 1 fully saturated rings. The van der Waals surface area contributed by atoms with Gasteiger partial charge in [-0.3, -0.25) is 9.48 Å². The number of benzene rings is 1. The van der Waals surface area contributed by atoms with E-state index >= 15 is 0 Å². The van der Waals surface area contributed by atoms with Gasteiger partial charge in [-0.05, 0) is 57.6 Å². The van der Waals surface area contributed by atoms with E-state index in [2.05, 4.69) is 10.4 Å². The average Bonchev–Trinajstić information content (AvgIpc) is 3.39. The number of hydrogen-bond acceptors (Lipinski definition) is 4. The van der Waals surface area contributed by atoms with E-state index in [1.54, 1.807) is 10.9 Å². The van der Waals surface area contributed by atoms with Gasteiger partial charge in [0.05, 0.1) is 17.6 Å². The minimum absolute atomic E-state index is 0.0257. The van der Waals surface area contributed by atoms with E-state index in [0.29, 0.717) is 5.39 Å². The Morgan fingerprint density at radius 2 is 2.03 bits per heavy atom. The van der Waals surface area contributed by atoms with Gasteiger partial charge in [-0.2, -0.15) is 5.10 Å². The van der Waals surface area contributed by atoms with Gasteiger partial charge in [-0.15, -0.1) is 0 Å². The monoisotopic (exact) mass is 408 g/mol. The van der Waals surface area contributed by atoms with Crippen LogP contribution in [-0.4, -0.2) is 26.0 Å². The third kappa shape index (κ3) is 3.97. The van der Waals surface area contributed by atoms with Crippen LogP contribution in [-0.2, 0) is 11.8 Å². The topological polar surface area (TPSA) is 78.2 Å². The van der Waals surface area contributed by atoms with Gasteiger partial charge in [0.2, 0.25) is 0 Å². The van der Waals surface area contributed by atoms with Crippen molar-refractivity contribution in [2.24, 2.45) is 7.05 Å². The maximum Gasteiger partial charge on any atom is 0.408 e. The number of hydrogen-bond donors (Lipinski definition) is 1. The maximum absolute atomic E-state index is 13.6. The summed E-state index contributed by atoms with van der Waals surface area (Å²) >= 11 is 0. The number of carbonyl (C=O) groups is 1. The zero-order chi connectivity index (χ0) is 21.6. The molecule has 1 N–H and O–H groups in total. The highest BCUT2D eigenvalue weighted by Gasteiger charge is 2.30. The second-order valence-corrected chi connectivity index (χ2v) is 9.02. The second kappa shape index (κ2) is 7.31. The summed E-state index contributed by atoms with van der Waals surface area (Å²) in [6, 6.07) is 7.66. The highest BCUT2D eigenvalue weighted by molar-refractivity contribution is 5.96. The Morgan fingerprint density at radius 3 is 2.63 bits per heavy atom. The fourth-order valence-electron chi connectivity index (χ4n) is 3.80. The Morgan fingerprint density at radius 1 is 1.30 bits per heavy atom. The number of nitrogens with zero attached hydrogens (tertiary/aromatic N) is 3. The maximum atomic E-state index is 13.6. The molecule has 4 rings (SSSR count). The molecule has 158 valence electrons. The highest BCUT2D eigenvalue weighted by atomic mass is 16.6. The van der Waals surface area contributed by atoms with E-state index in [9.17, 15) is 9.59 Å². The average molecular weight is 409 g/mol. The Kier molecular flexibility index (Phi) is 4.92. The van der Waals surface area contributed by atoms with Gasteiger partial charge in [0.25, 0.3) is 5.56 Å². The molecule has 1 aromatic carbocycles. The number of aryl methyl sites for hydroxylation is 1. The molecule has 1 aliphatic carbocycles. The van der Waals surface area contributed by atoms with Gasteiger partial charge in [-0.25, -0.2) is 4.79 Å². The van der Waals surface area contributed by atoms with E-state index in [4.69, 9.17) is 4.74 Å². The van der Waals surface area contributed by atoms with Crippen LogP contribution < -0.4 is 10.9 Å². The first-order valence-corrected chi connectivity index (χ1v) is 10.3. The molecule has 0 radical (unpaired) electrons. The van der Waals surface area contributed by atoms with Crippen LogP contribution in [0.15, 0.2) is 41.5 Å². The van der Waals surface area contributed by atoms with Gasteiger partial charge in [0.15, 0.2) is 0 Å². The van der Waals surface area contributed by atoms with E-state index < -0.39 is 11.7 Å². The number of carbonyl (C=O) groups excluding carboxylic acids is 1. The lowest BCUT2D eigenvalue weighted by Crippen LogP contribution is -2.36. The number of amides is 1. The van der Waals surface area contributed by atoms with Crippen molar-refractivity contribution in [3.05, 3.63) is 52.7 Å². The lowest BCUT2D eigenvalue weighted by molar-refractivity contribution is 0.0506. The van der Waals surface area contributed by atoms with Crippen molar-refractivity contribution in [2.45, 2.75) is 58.2 Å². The van der Waals surface area contributed by atoms with E-state index in [-0.39, 0.29) is 17.6 Å². The molecular weight excluding hydrogens is 380 g/mol. The Balaban J connectivity index is 1.81. The molecule has 30 heavy (non-hydrogen) atoms. The van der Waals surface area contributed by atoms with Crippen LogP contribution in [0.2, 0.25) is 0 Å². The third-order valence-corrected chi connectivity index (χ3v) is 5.22. The van der Waals surface area contributed by atoms with Crippen LogP contribution in [0, 0.1) is 0 Å². The molecule has 0 saturated heterocycles. The number of ether oxygens (including phenoxy) is 1. The van der Waals surface area contributed by atoms with Gasteiger partial charge in [0, 0.05) is 30.5 Å². The van der Waals surface area contributed by atoms with Crippen LogP contribution in [0.1, 0.15) is 58.3 Å². The lowest BCUT2D eigenvalue weighted by Gasteiger charge is -2.24. The molecule has 1 aliphatic rings. The molecule has 1 amide bonds. The van der Waals surface area contributed by atoms with E-state index in [1.165, 1.54) is 0 Å². The number of nitrogens with one attached hydrogen (secondary N) is 1. The minimum atomic E-state index is -0.581. The summed E-state index contributed by atoms with van der Waals surface area (Å²) in [5, 5.41) is 8.68. The molecule has 7 heteroatoms. The van der Waals surface area contributed by atoms with Gasteiger partial charge >= 0.3 is 6.09 Å². The largest absolute Gasteiger partial charge is 0.444 e. The van der Waals surface area contributed by atoms with Gasteiger partial charge in [0.1, 0.15) is 5.60 Å². The molecule has 0 unspecified atom stereocenters. The first-order valence-electron chi connectivity index (χ1n) is 10.3. The number of fused-ring (bicyclic) bond motifs is 1. The number of aromatic nitrogens is 3. The van der Waals surface area contributed by atoms with Crippen LogP contribution >= 0.6 is 0 Å². The van der Waals surface area contributed by atoms with Crippen molar-refractivity contribution in [2.75, 3.05) is 0 Å². The number of pyridine rings is 1. The minimum Gasteiger partial charge on any atom is -0.444 e. The van der Waals surface area contributed by atoms with Crippen LogP contribution in [0.4, 0.5) is 4.79 Å². The Bertz CT molecular complexity index is 1170. The van der Waals surface area contributed by atoms with Crippen LogP contribution in [0.5, 0.6) is 0 Å². The first kappa shape index (κ1) is 20.2. The van der Waals surface area contributed by atoms with Crippen molar-refractivity contribution < 1.29 is 9.53 Å². The summed E-state index contributed by atoms with van der Waals surface area (Å²) in [5.41, 5.74) is 1.98. The molecule has 0 spiro atoms. The second-order valence-electron chi connectivity index (χ2n) is 9.02. The molecule has 7 nitrogen and oxygen atoms in total. The van der Waals surface area contributed by atoms with Crippen molar-refractivity contribution in [1.82, 2.24) is 19.7 Å². The SMILES string of the molecule is C[C@H](NC(=O)OC(C)(C)C)c1cc2cccc(-c3cnn(C)c3)c2c(=O)n1C1CC1. The molecule has 0 bridgehead atoms. The molecule has 0 aliphatic heterocycles. The lowest BCUT2D eigenvalue weighted by atomic mass is 10.00. The normalized spacial score (nSPS) is 15.2. The smallest absolute Gasteiger partial charge is 0.408 e. The molecule has 1 saturated carbocycles. The molecule has 2 aromatic heterocycles. The number of alkyl carbamates (subject to hydrolysis) is 1. The summed E-state index contributed by atoms with van der Waals surface area (Å²) in [4.78, 5) is 25.9. The molecule has 1 atom stereocenters. The van der Waals surface area contributed by atoms with Crippen molar-refractivity contribution in [1.29, 1.82) is 0 Å².